The second kappa shape index (κ2) is 6.98. The van der Waals surface area contributed by atoms with E-state index in [1.165, 1.54) is 7.11 Å². The SMILES string of the molecule is CCOC(=O)Cc1ccc(OC)c(O)c1-c1ccccc1C. The molecular formula is C18H20O4. The maximum atomic E-state index is 11.8. The van der Waals surface area contributed by atoms with Crippen LogP contribution in [0.25, 0.3) is 11.1 Å². The molecule has 0 fully saturated rings. The highest BCUT2D eigenvalue weighted by Crippen LogP contribution is 2.41. The minimum Gasteiger partial charge on any atom is -0.504 e. The molecule has 0 aliphatic rings. The number of hydrogen-bond acceptors (Lipinski definition) is 4. The van der Waals surface area contributed by atoms with E-state index < -0.39 is 0 Å². The highest BCUT2D eigenvalue weighted by atomic mass is 16.5. The van der Waals surface area contributed by atoms with Crippen LogP contribution in [0.5, 0.6) is 11.5 Å². The quantitative estimate of drug-likeness (QED) is 0.859. The molecule has 0 spiro atoms. The molecule has 0 saturated carbocycles. The normalized spacial score (nSPS) is 10.3. The number of ether oxygens (including phenoxy) is 2. The summed E-state index contributed by atoms with van der Waals surface area (Å²) in [6.45, 7) is 4.06. The average Bonchev–Trinajstić information content (AvgIpc) is 2.49. The van der Waals surface area contributed by atoms with Crippen LogP contribution in [0, 0.1) is 6.92 Å². The molecular weight excluding hydrogens is 280 g/mol. The zero-order valence-corrected chi connectivity index (χ0v) is 13.1. The Morgan fingerprint density at radius 3 is 2.55 bits per heavy atom. The van der Waals surface area contributed by atoms with Gasteiger partial charge in [-0.25, -0.2) is 0 Å². The molecule has 0 aromatic heterocycles. The van der Waals surface area contributed by atoms with Gasteiger partial charge in [-0.1, -0.05) is 30.3 Å². The van der Waals surface area contributed by atoms with Crippen LogP contribution in [-0.2, 0) is 16.0 Å². The summed E-state index contributed by atoms with van der Waals surface area (Å²) in [6, 6.07) is 11.2. The smallest absolute Gasteiger partial charge is 0.310 e. The topological polar surface area (TPSA) is 55.8 Å². The number of benzene rings is 2. The summed E-state index contributed by atoms with van der Waals surface area (Å²) >= 11 is 0. The first-order chi connectivity index (χ1) is 10.6. The fourth-order valence-electron chi connectivity index (χ4n) is 2.45. The zero-order chi connectivity index (χ0) is 16.1. The Morgan fingerprint density at radius 2 is 1.91 bits per heavy atom. The number of phenols is 1. The molecule has 0 unspecified atom stereocenters. The van der Waals surface area contributed by atoms with Gasteiger partial charge in [0.2, 0.25) is 0 Å². The highest BCUT2D eigenvalue weighted by molar-refractivity contribution is 5.83. The van der Waals surface area contributed by atoms with E-state index in [0.29, 0.717) is 23.5 Å². The second-order valence-corrected chi connectivity index (χ2v) is 4.95. The van der Waals surface area contributed by atoms with Crippen LogP contribution in [0.3, 0.4) is 0 Å². The van der Waals surface area contributed by atoms with E-state index in [1.807, 2.05) is 31.2 Å². The van der Waals surface area contributed by atoms with Crippen molar-refractivity contribution >= 4 is 5.97 Å². The van der Waals surface area contributed by atoms with Gasteiger partial charge in [-0.15, -0.1) is 0 Å². The Balaban J connectivity index is 2.57. The number of carbonyl (C=O) groups is 1. The van der Waals surface area contributed by atoms with Gasteiger partial charge in [0.1, 0.15) is 0 Å². The third kappa shape index (κ3) is 3.22. The van der Waals surface area contributed by atoms with Crippen molar-refractivity contribution in [2.45, 2.75) is 20.3 Å². The van der Waals surface area contributed by atoms with Gasteiger partial charge in [0.25, 0.3) is 0 Å². The van der Waals surface area contributed by atoms with Gasteiger partial charge in [-0.05, 0) is 36.6 Å². The lowest BCUT2D eigenvalue weighted by molar-refractivity contribution is -0.142. The monoisotopic (exact) mass is 300 g/mol. The highest BCUT2D eigenvalue weighted by Gasteiger charge is 2.18. The van der Waals surface area contributed by atoms with Crippen molar-refractivity contribution in [1.29, 1.82) is 0 Å². The first-order valence-electron chi connectivity index (χ1n) is 7.19. The van der Waals surface area contributed by atoms with Crippen molar-refractivity contribution in [3.8, 4) is 22.6 Å². The molecule has 4 nitrogen and oxygen atoms in total. The van der Waals surface area contributed by atoms with E-state index in [1.54, 1.807) is 19.1 Å². The van der Waals surface area contributed by atoms with Crippen molar-refractivity contribution in [2.24, 2.45) is 0 Å². The van der Waals surface area contributed by atoms with Crippen molar-refractivity contribution in [2.75, 3.05) is 13.7 Å². The number of aryl methyl sites for hydroxylation is 1. The molecule has 0 aliphatic carbocycles. The fraction of sp³-hybridized carbons (Fsp3) is 0.278. The van der Waals surface area contributed by atoms with Crippen LogP contribution in [0.15, 0.2) is 36.4 Å². The zero-order valence-electron chi connectivity index (χ0n) is 13.1. The molecule has 0 radical (unpaired) electrons. The van der Waals surface area contributed by atoms with E-state index in [2.05, 4.69) is 0 Å². The molecule has 0 atom stereocenters. The summed E-state index contributed by atoms with van der Waals surface area (Å²) in [4.78, 5) is 11.8. The third-order valence-corrected chi connectivity index (χ3v) is 3.50. The number of aromatic hydroxyl groups is 1. The van der Waals surface area contributed by atoms with Gasteiger partial charge in [0, 0.05) is 5.56 Å². The molecule has 2 aromatic rings. The summed E-state index contributed by atoms with van der Waals surface area (Å²) in [5, 5.41) is 10.5. The molecule has 0 bridgehead atoms. The van der Waals surface area contributed by atoms with Gasteiger partial charge < -0.3 is 14.6 Å². The molecule has 0 aliphatic heterocycles. The molecule has 116 valence electrons. The molecule has 0 amide bonds. The van der Waals surface area contributed by atoms with E-state index in [4.69, 9.17) is 9.47 Å². The van der Waals surface area contributed by atoms with Gasteiger partial charge in [0.05, 0.1) is 20.1 Å². The van der Waals surface area contributed by atoms with Crippen LogP contribution in [0.2, 0.25) is 0 Å². The number of methoxy groups -OCH3 is 1. The van der Waals surface area contributed by atoms with Gasteiger partial charge in [-0.2, -0.15) is 0 Å². The summed E-state index contributed by atoms with van der Waals surface area (Å²) in [6.07, 6.45) is 0.106. The van der Waals surface area contributed by atoms with Crippen LogP contribution < -0.4 is 4.74 Å². The summed E-state index contributed by atoms with van der Waals surface area (Å²) in [5.41, 5.74) is 3.21. The minimum absolute atomic E-state index is 0.0404. The largest absolute Gasteiger partial charge is 0.504 e. The van der Waals surface area contributed by atoms with E-state index >= 15 is 0 Å². The van der Waals surface area contributed by atoms with Crippen LogP contribution in [0.4, 0.5) is 0 Å². The van der Waals surface area contributed by atoms with Crippen LogP contribution >= 0.6 is 0 Å². The lowest BCUT2D eigenvalue weighted by Gasteiger charge is -2.16. The molecule has 2 rings (SSSR count). The van der Waals surface area contributed by atoms with Crippen molar-refractivity contribution in [3.05, 3.63) is 47.5 Å². The maximum absolute atomic E-state index is 11.8. The van der Waals surface area contributed by atoms with E-state index in [9.17, 15) is 9.90 Å². The Bertz CT molecular complexity index is 677. The van der Waals surface area contributed by atoms with Crippen molar-refractivity contribution < 1.29 is 19.4 Å². The van der Waals surface area contributed by atoms with Crippen molar-refractivity contribution in [1.82, 2.24) is 0 Å². The molecule has 0 saturated heterocycles. The predicted octanol–water partition coefficient (Wildman–Crippen LogP) is 3.48. The lowest BCUT2D eigenvalue weighted by atomic mass is 9.93. The van der Waals surface area contributed by atoms with Crippen molar-refractivity contribution in [3.63, 3.8) is 0 Å². The fourth-order valence-corrected chi connectivity index (χ4v) is 2.45. The lowest BCUT2D eigenvalue weighted by Crippen LogP contribution is -2.09. The molecule has 0 heterocycles. The number of rotatable bonds is 5. The molecule has 1 N–H and O–H groups in total. The van der Waals surface area contributed by atoms with Gasteiger partial charge in [0.15, 0.2) is 11.5 Å². The standard InChI is InChI=1S/C18H20O4/c1-4-22-16(19)11-13-9-10-15(21-3)18(20)17(13)14-8-6-5-7-12(14)2/h5-10,20H,4,11H2,1-3H3. The number of hydrogen-bond donors (Lipinski definition) is 1. The van der Waals surface area contributed by atoms with E-state index in [-0.39, 0.29) is 18.1 Å². The Labute approximate surface area is 130 Å². The Hall–Kier alpha value is -2.49. The summed E-state index contributed by atoms with van der Waals surface area (Å²) in [7, 11) is 1.50. The first-order valence-corrected chi connectivity index (χ1v) is 7.19. The average molecular weight is 300 g/mol. The van der Waals surface area contributed by atoms with Crippen LogP contribution in [-0.4, -0.2) is 24.8 Å². The Kier molecular flexibility index (Phi) is 5.04. The molecule has 22 heavy (non-hydrogen) atoms. The number of esters is 1. The molecule has 4 heteroatoms. The number of carbonyl (C=O) groups excluding carboxylic acids is 1. The number of phenolic OH excluding ortho intramolecular Hbond substituents is 1. The second-order valence-electron chi connectivity index (χ2n) is 4.95. The predicted molar refractivity (Wildman–Crippen MR) is 85.2 cm³/mol. The first kappa shape index (κ1) is 15.9. The molecule has 2 aromatic carbocycles. The van der Waals surface area contributed by atoms with E-state index in [0.717, 1.165) is 11.1 Å². The minimum atomic E-state index is -0.318. The van der Waals surface area contributed by atoms with Gasteiger partial charge in [-0.3, -0.25) is 4.79 Å². The summed E-state index contributed by atoms with van der Waals surface area (Å²) < 4.78 is 10.2. The van der Waals surface area contributed by atoms with Crippen LogP contribution in [0.1, 0.15) is 18.1 Å². The Morgan fingerprint density at radius 1 is 1.18 bits per heavy atom. The maximum Gasteiger partial charge on any atom is 0.310 e. The van der Waals surface area contributed by atoms with Gasteiger partial charge >= 0.3 is 5.97 Å². The third-order valence-electron chi connectivity index (χ3n) is 3.50. The summed E-state index contributed by atoms with van der Waals surface area (Å²) in [5.74, 6) is 0.103.